The van der Waals surface area contributed by atoms with Gasteiger partial charge in [-0.2, -0.15) is 0 Å². The lowest BCUT2D eigenvalue weighted by Gasteiger charge is -2.32. The Morgan fingerprint density at radius 1 is 1.00 bits per heavy atom. The lowest BCUT2D eigenvalue weighted by atomic mass is 10.1. The fourth-order valence-corrected chi connectivity index (χ4v) is 2.67. The molecule has 114 valence electrons. The molecule has 3 rings (SSSR count). The van der Waals surface area contributed by atoms with Gasteiger partial charge < -0.3 is 9.64 Å². The number of nitrogens with zero attached hydrogens (tertiary/aromatic N) is 1. The number of hydrogen-bond acceptors (Lipinski definition) is 2. The van der Waals surface area contributed by atoms with Crippen LogP contribution in [0.2, 0.25) is 0 Å². The number of rotatable bonds is 3. The molecule has 0 aromatic heterocycles. The summed E-state index contributed by atoms with van der Waals surface area (Å²) in [5.41, 5.74) is 0.143. The van der Waals surface area contributed by atoms with Crippen LogP contribution in [0.3, 0.4) is 0 Å². The second-order valence-corrected chi connectivity index (χ2v) is 5.40. The summed E-state index contributed by atoms with van der Waals surface area (Å²) in [4.78, 5) is 14.0. The highest BCUT2D eigenvalue weighted by molar-refractivity contribution is 5.94. The SMILES string of the molecule is O=C(c1ccccc1F)N1CCC(Oc2ccccc2)CC1. The number of carbonyl (C=O) groups excluding carboxylic acids is 1. The van der Waals surface area contributed by atoms with Crippen LogP contribution >= 0.6 is 0 Å². The van der Waals surface area contributed by atoms with Crippen molar-refractivity contribution in [2.24, 2.45) is 0 Å². The van der Waals surface area contributed by atoms with Gasteiger partial charge in [-0.1, -0.05) is 30.3 Å². The van der Waals surface area contributed by atoms with Gasteiger partial charge in [0, 0.05) is 25.9 Å². The van der Waals surface area contributed by atoms with Crippen LogP contribution in [0.5, 0.6) is 5.75 Å². The van der Waals surface area contributed by atoms with E-state index in [1.165, 1.54) is 12.1 Å². The molecule has 0 aliphatic carbocycles. The van der Waals surface area contributed by atoms with Crippen LogP contribution in [0.1, 0.15) is 23.2 Å². The van der Waals surface area contributed by atoms with Crippen LogP contribution in [0.15, 0.2) is 54.6 Å². The molecule has 22 heavy (non-hydrogen) atoms. The van der Waals surface area contributed by atoms with Crippen molar-refractivity contribution in [3.63, 3.8) is 0 Å². The van der Waals surface area contributed by atoms with Gasteiger partial charge in [0.2, 0.25) is 0 Å². The summed E-state index contributed by atoms with van der Waals surface area (Å²) < 4.78 is 19.6. The first-order chi connectivity index (χ1) is 10.7. The number of benzene rings is 2. The molecule has 1 amide bonds. The Bertz CT molecular complexity index is 637. The quantitative estimate of drug-likeness (QED) is 0.868. The minimum Gasteiger partial charge on any atom is -0.490 e. The van der Waals surface area contributed by atoms with Crippen LogP contribution in [0.4, 0.5) is 4.39 Å². The predicted molar refractivity (Wildman–Crippen MR) is 82.4 cm³/mol. The molecule has 0 spiro atoms. The van der Waals surface area contributed by atoms with Gasteiger partial charge >= 0.3 is 0 Å². The van der Waals surface area contributed by atoms with E-state index in [2.05, 4.69) is 0 Å². The Kier molecular flexibility index (Phi) is 4.37. The zero-order valence-electron chi connectivity index (χ0n) is 12.2. The summed E-state index contributed by atoms with van der Waals surface area (Å²) in [5.74, 6) is 0.146. The Hall–Kier alpha value is -2.36. The maximum absolute atomic E-state index is 13.7. The fourth-order valence-electron chi connectivity index (χ4n) is 2.67. The molecule has 2 aromatic carbocycles. The van der Waals surface area contributed by atoms with Crippen molar-refractivity contribution < 1.29 is 13.9 Å². The zero-order valence-corrected chi connectivity index (χ0v) is 12.2. The summed E-state index contributed by atoms with van der Waals surface area (Å²) in [6.07, 6.45) is 1.62. The van der Waals surface area contributed by atoms with Crippen LogP contribution in [-0.4, -0.2) is 30.0 Å². The molecule has 0 atom stereocenters. The lowest BCUT2D eigenvalue weighted by Crippen LogP contribution is -2.42. The van der Waals surface area contributed by atoms with E-state index in [0.717, 1.165) is 18.6 Å². The smallest absolute Gasteiger partial charge is 0.256 e. The van der Waals surface area contributed by atoms with Gasteiger partial charge in [-0.25, -0.2) is 4.39 Å². The number of carbonyl (C=O) groups is 1. The van der Waals surface area contributed by atoms with Crippen molar-refractivity contribution in [1.82, 2.24) is 4.90 Å². The maximum atomic E-state index is 13.7. The third-order valence-corrected chi connectivity index (χ3v) is 3.88. The average molecular weight is 299 g/mol. The number of halogens is 1. The summed E-state index contributed by atoms with van der Waals surface area (Å²) in [5, 5.41) is 0. The number of piperidine rings is 1. The molecule has 1 heterocycles. The van der Waals surface area contributed by atoms with Crippen molar-refractivity contribution in [3.05, 3.63) is 66.0 Å². The average Bonchev–Trinajstić information content (AvgIpc) is 2.56. The van der Waals surface area contributed by atoms with E-state index in [9.17, 15) is 9.18 Å². The Balaban J connectivity index is 1.58. The van der Waals surface area contributed by atoms with Crippen molar-refractivity contribution in [2.45, 2.75) is 18.9 Å². The molecule has 4 heteroatoms. The van der Waals surface area contributed by atoms with Crippen LogP contribution in [0, 0.1) is 5.82 Å². The lowest BCUT2D eigenvalue weighted by molar-refractivity contribution is 0.0591. The Morgan fingerprint density at radius 2 is 1.64 bits per heavy atom. The van der Waals surface area contributed by atoms with Gasteiger partial charge in [0.15, 0.2) is 0 Å². The van der Waals surface area contributed by atoms with Crippen molar-refractivity contribution in [1.29, 1.82) is 0 Å². The van der Waals surface area contributed by atoms with Crippen molar-refractivity contribution in [2.75, 3.05) is 13.1 Å². The van der Waals surface area contributed by atoms with Crippen molar-refractivity contribution >= 4 is 5.91 Å². The molecule has 1 aliphatic heterocycles. The molecule has 1 fully saturated rings. The molecule has 0 unspecified atom stereocenters. The van der Waals surface area contributed by atoms with Gasteiger partial charge in [0.25, 0.3) is 5.91 Å². The summed E-state index contributed by atoms with van der Waals surface area (Å²) >= 11 is 0. The molecule has 2 aromatic rings. The van der Waals surface area contributed by atoms with E-state index in [-0.39, 0.29) is 17.6 Å². The molecule has 3 nitrogen and oxygen atoms in total. The first kappa shape index (κ1) is 14.6. The Labute approximate surface area is 129 Å². The first-order valence-electron chi connectivity index (χ1n) is 7.49. The molecule has 1 saturated heterocycles. The maximum Gasteiger partial charge on any atom is 0.256 e. The van der Waals surface area contributed by atoms with E-state index in [1.54, 1.807) is 17.0 Å². The standard InChI is InChI=1S/C18H18FNO2/c19-17-9-5-4-8-16(17)18(21)20-12-10-15(11-13-20)22-14-6-2-1-3-7-14/h1-9,15H,10-13H2. The van der Waals surface area contributed by atoms with E-state index in [0.29, 0.717) is 13.1 Å². The van der Waals surface area contributed by atoms with Gasteiger partial charge in [-0.05, 0) is 24.3 Å². The first-order valence-corrected chi connectivity index (χ1v) is 7.49. The van der Waals surface area contributed by atoms with Crippen LogP contribution in [0.25, 0.3) is 0 Å². The molecular formula is C18H18FNO2. The van der Waals surface area contributed by atoms with E-state index >= 15 is 0 Å². The molecular weight excluding hydrogens is 281 g/mol. The Morgan fingerprint density at radius 3 is 2.32 bits per heavy atom. The highest BCUT2D eigenvalue weighted by Crippen LogP contribution is 2.20. The largest absolute Gasteiger partial charge is 0.490 e. The molecule has 0 bridgehead atoms. The van der Waals surface area contributed by atoms with Gasteiger partial charge in [0.1, 0.15) is 17.7 Å². The van der Waals surface area contributed by atoms with E-state index in [4.69, 9.17) is 4.74 Å². The third-order valence-electron chi connectivity index (χ3n) is 3.88. The third kappa shape index (κ3) is 3.27. The van der Waals surface area contributed by atoms with Gasteiger partial charge in [0.05, 0.1) is 5.56 Å². The van der Waals surface area contributed by atoms with Crippen molar-refractivity contribution in [3.8, 4) is 5.75 Å². The number of likely N-dealkylation sites (tertiary alicyclic amines) is 1. The molecule has 0 N–H and O–H groups in total. The minimum absolute atomic E-state index is 0.104. The topological polar surface area (TPSA) is 29.5 Å². The normalized spacial score (nSPS) is 15.6. The van der Waals surface area contributed by atoms with E-state index < -0.39 is 5.82 Å². The molecule has 1 aliphatic rings. The summed E-state index contributed by atoms with van der Waals surface area (Å²) in [7, 11) is 0. The zero-order chi connectivity index (χ0) is 15.4. The van der Waals surface area contributed by atoms with E-state index in [1.807, 2.05) is 30.3 Å². The monoisotopic (exact) mass is 299 g/mol. The highest BCUT2D eigenvalue weighted by Gasteiger charge is 2.25. The molecule has 0 radical (unpaired) electrons. The number of para-hydroxylation sites is 1. The van der Waals surface area contributed by atoms with Crippen LogP contribution in [-0.2, 0) is 0 Å². The predicted octanol–water partition coefficient (Wildman–Crippen LogP) is 3.51. The van der Waals surface area contributed by atoms with Gasteiger partial charge in [-0.3, -0.25) is 4.79 Å². The second kappa shape index (κ2) is 6.60. The number of hydrogen-bond donors (Lipinski definition) is 0. The summed E-state index contributed by atoms with van der Waals surface area (Å²) in [6.45, 7) is 1.18. The summed E-state index contributed by atoms with van der Waals surface area (Å²) in [6, 6.07) is 15.8. The number of amides is 1. The minimum atomic E-state index is -0.463. The fraction of sp³-hybridized carbons (Fsp3) is 0.278. The highest BCUT2D eigenvalue weighted by atomic mass is 19.1. The van der Waals surface area contributed by atoms with Gasteiger partial charge in [-0.15, -0.1) is 0 Å². The second-order valence-electron chi connectivity index (χ2n) is 5.40. The van der Waals surface area contributed by atoms with Crippen LogP contribution < -0.4 is 4.74 Å². The molecule has 0 saturated carbocycles. The number of ether oxygens (including phenoxy) is 1.